The molecule has 0 radical (unpaired) electrons. The number of nitriles is 2. The summed E-state index contributed by atoms with van der Waals surface area (Å²) in [6.45, 7) is 15.1. The summed E-state index contributed by atoms with van der Waals surface area (Å²) in [7, 11) is 0. The van der Waals surface area contributed by atoms with Gasteiger partial charge in [-0.05, 0) is 75.5 Å². The first-order valence-electron chi connectivity index (χ1n) is 11.3. The summed E-state index contributed by atoms with van der Waals surface area (Å²) in [6.07, 6.45) is 5.02. The fourth-order valence-electron chi connectivity index (χ4n) is 4.77. The second kappa shape index (κ2) is 8.60. The summed E-state index contributed by atoms with van der Waals surface area (Å²) in [5.41, 5.74) is 7.18. The van der Waals surface area contributed by atoms with Crippen LogP contribution in [0.2, 0.25) is 0 Å². The van der Waals surface area contributed by atoms with Gasteiger partial charge in [0.2, 0.25) is 0 Å². The third kappa shape index (κ3) is 4.07. The monoisotopic (exact) mass is 474 g/mol. The summed E-state index contributed by atoms with van der Waals surface area (Å²) in [6, 6.07) is 6.93. The van der Waals surface area contributed by atoms with Gasteiger partial charge in [-0.25, -0.2) is 4.99 Å². The molecule has 0 amide bonds. The lowest BCUT2D eigenvalue weighted by atomic mass is 9.72. The summed E-state index contributed by atoms with van der Waals surface area (Å²) >= 11 is 3.34. The summed E-state index contributed by atoms with van der Waals surface area (Å²) in [4.78, 5) is 7.31. The fourth-order valence-corrected chi connectivity index (χ4v) is 7.21. The van der Waals surface area contributed by atoms with E-state index in [0.717, 1.165) is 62.9 Å². The number of aliphatic imine (C=N–C) groups is 1. The highest BCUT2D eigenvalue weighted by Crippen LogP contribution is 2.45. The zero-order chi connectivity index (χ0) is 24.1. The van der Waals surface area contributed by atoms with E-state index in [1.54, 1.807) is 22.7 Å². The quantitative estimate of drug-likeness (QED) is 0.369. The number of aryl methyl sites for hydroxylation is 2. The number of nitrogens with zero attached hydrogens (tertiary/aromatic N) is 4. The minimum absolute atomic E-state index is 0.274. The van der Waals surface area contributed by atoms with E-state index in [-0.39, 0.29) is 5.41 Å². The first-order valence-corrected chi connectivity index (χ1v) is 13.0. The Labute approximate surface area is 204 Å². The molecule has 4 rings (SSSR count). The molecule has 6 heteroatoms. The van der Waals surface area contributed by atoms with Gasteiger partial charge in [-0.1, -0.05) is 20.8 Å². The van der Waals surface area contributed by atoms with Gasteiger partial charge in [0.15, 0.2) is 0 Å². The molecule has 0 fully saturated rings. The molecule has 0 aliphatic heterocycles. The minimum Gasteiger partial charge on any atom is -0.308 e. The van der Waals surface area contributed by atoms with Crippen molar-refractivity contribution in [3.8, 4) is 17.1 Å². The topological polar surface area (TPSA) is 64.9 Å². The number of hydrogen-bond acceptors (Lipinski definition) is 5. The SMILES string of the molecule is Cc1sc(-n2c(C)cc(C=Nc3sc4c(c3C#N)CC[C@@H](C(C)(C)C)C4)c2C)c(C#N)c1C. The van der Waals surface area contributed by atoms with E-state index in [0.29, 0.717) is 5.92 Å². The molecule has 1 aliphatic rings. The average molecular weight is 475 g/mol. The van der Waals surface area contributed by atoms with Crippen LogP contribution in [0.1, 0.15) is 76.2 Å². The first kappa shape index (κ1) is 23.5. The number of rotatable bonds is 3. The largest absolute Gasteiger partial charge is 0.308 e. The van der Waals surface area contributed by atoms with E-state index in [1.807, 2.05) is 13.1 Å². The molecule has 4 nitrogen and oxygen atoms in total. The van der Waals surface area contributed by atoms with Crippen molar-refractivity contribution in [2.75, 3.05) is 0 Å². The van der Waals surface area contributed by atoms with Gasteiger partial charge in [0.1, 0.15) is 22.1 Å². The maximum atomic E-state index is 9.87. The second-order valence-corrected chi connectivity index (χ2v) is 12.4. The molecule has 0 saturated carbocycles. The van der Waals surface area contributed by atoms with Gasteiger partial charge < -0.3 is 4.57 Å². The molecule has 0 aromatic carbocycles. The van der Waals surface area contributed by atoms with E-state index in [4.69, 9.17) is 4.99 Å². The van der Waals surface area contributed by atoms with Crippen molar-refractivity contribution in [2.45, 2.75) is 67.7 Å². The molecule has 3 aromatic rings. The van der Waals surface area contributed by atoms with E-state index in [9.17, 15) is 10.5 Å². The molecule has 1 aliphatic carbocycles. The number of fused-ring (bicyclic) bond motifs is 1. The number of aromatic nitrogens is 1. The van der Waals surface area contributed by atoms with E-state index >= 15 is 0 Å². The molecular formula is C27H30N4S2. The Bertz CT molecular complexity index is 1340. The molecule has 170 valence electrons. The van der Waals surface area contributed by atoms with Gasteiger partial charge in [0, 0.05) is 32.9 Å². The Hall–Kier alpha value is -2.67. The third-order valence-electron chi connectivity index (χ3n) is 7.06. The van der Waals surface area contributed by atoms with Gasteiger partial charge in [-0.15, -0.1) is 22.7 Å². The highest BCUT2D eigenvalue weighted by atomic mass is 32.1. The fraction of sp³-hybridized carbons (Fsp3) is 0.444. The Morgan fingerprint density at radius 1 is 1.09 bits per heavy atom. The van der Waals surface area contributed by atoms with Crippen molar-refractivity contribution in [3.05, 3.63) is 55.0 Å². The van der Waals surface area contributed by atoms with Crippen LogP contribution in [-0.2, 0) is 12.8 Å². The minimum atomic E-state index is 0.274. The van der Waals surface area contributed by atoms with Crippen molar-refractivity contribution < 1.29 is 0 Å². The van der Waals surface area contributed by atoms with Gasteiger partial charge in [-0.2, -0.15) is 10.5 Å². The smallest absolute Gasteiger partial charge is 0.134 e. The maximum Gasteiger partial charge on any atom is 0.134 e. The first-order chi connectivity index (χ1) is 15.6. The molecule has 33 heavy (non-hydrogen) atoms. The van der Waals surface area contributed by atoms with Crippen LogP contribution in [0.15, 0.2) is 11.1 Å². The molecule has 0 bridgehead atoms. The van der Waals surface area contributed by atoms with Crippen molar-refractivity contribution in [2.24, 2.45) is 16.3 Å². The summed E-state index contributed by atoms with van der Waals surface area (Å²) < 4.78 is 2.16. The van der Waals surface area contributed by atoms with Crippen LogP contribution in [0.3, 0.4) is 0 Å². The Morgan fingerprint density at radius 3 is 2.42 bits per heavy atom. The molecule has 3 aromatic heterocycles. The average Bonchev–Trinajstić information content (AvgIpc) is 3.35. The van der Waals surface area contributed by atoms with E-state index in [2.05, 4.69) is 64.3 Å². The maximum absolute atomic E-state index is 9.87. The van der Waals surface area contributed by atoms with E-state index < -0.39 is 0 Å². The lowest BCUT2D eigenvalue weighted by molar-refractivity contribution is 0.218. The van der Waals surface area contributed by atoms with Crippen molar-refractivity contribution in [3.63, 3.8) is 0 Å². The van der Waals surface area contributed by atoms with Gasteiger partial charge in [0.05, 0.1) is 11.1 Å². The second-order valence-electron chi connectivity index (χ2n) is 10.1. The number of thiophene rings is 2. The van der Waals surface area contributed by atoms with Crippen molar-refractivity contribution >= 4 is 33.9 Å². The lowest BCUT2D eigenvalue weighted by Gasteiger charge is -2.33. The lowest BCUT2D eigenvalue weighted by Crippen LogP contribution is -2.26. The van der Waals surface area contributed by atoms with Crippen LogP contribution >= 0.6 is 22.7 Å². The molecule has 1 atom stereocenters. The van der Waals surface area contributed by atoms with E-state index in [1.165, 1.54) is 15.3 Å². The molecule has 0 spiro atoms. The molecule has 0 N–H and O–H groups in total. The predicted molar refractivity (Wildman–Crippen MR) is 139 cm³/mol. The molecule has 0 unspecified atom stereocenters. The van der Waals surface area contributed by atoms with Crippen LogP contribution in [0, 0.1) is 61.7 Å². The molecular weight excluding hydrogens is 444 g/mol. The van der Waals surface area contributed by atoms with Crippen LogP contribution in [0.4, 0.5) is 5.00 Å². The van der Waals surface area contributed by atoms with Crippen LogP contribution in [0.25, 0.3) is 5.00 Å². The molecule has 3 heterocycles. The highest BCUT2D eigenvalue weighted by molar-refractivity contribution is 7.16. The van der Waals surface area contributed by atoms with Crippen molar-refractivity contribution in [1.82, 2.24) is 4.57 Å². The highest BCUT2D eigenvalue weighted by Gasteiger charge is 2.32. The predicted octanol–water partition coefficient (Wildman–Crippen LogP) is 7.48. The van der Waals surface area contributed by atoms with Gasteiger partial charge in [-0.3, -0.25) is 0 Å². The normalized spacial score (nSPS) is 16.1. The van der Waals surface area contributed by atoms with Gasteiger partial charge >= 0.3 is 0 Å². The zero-order valence-electron chi connectivity index (χ0n) is 20.5. The Kier molecular flexibility index (Phi) is 6.12. The zero-order valence-corrected chi connectivity index (χ0v) is 22.1. The molecule has 0 saturated heterocycles. The van der Waals surface area contributed by atoms with Crippen molar-refractivity contribution in [1.29, 1.82) is 10.5 Å². The van der Waals surface area contributed by atoms with Crippen LogP contribution < -0.4 is 0 Å². The Balaban J connectivity index is 1.71. The van der Waals surface area contributed by atoms with Gasteiger partial charge in [0.25, 0.3) is 0 Å². The Morgan fingerprint density at radius 2 is 1.79 bits per heavy atom. The summed E-state index contributed by atoms with van der Waals surface area (Å²) in [5.74, 6) is 0.637. The van der Waals surface area contributed by atoms with Crippen LogP contribution in [0.5, 0.6) is 0 Å². The standard InChI is InChI=1S/C27H30N4S2/c1-15-10-19(17(3)31(15)26-22(12-28)16(2)18(4)32-26)14-30-25-23(13-29)21-9-8-20(27(5,6)7)11-24(21)33-25/h10,14,20H,8-9,11H2,1-7H3/t20-/m1/s1. The third-order valence-corrected chi connectivity index (χ3v) is 9.41. The number of hydrogen-bond donors (Lipinski definition) is 0. The van der Waals surface area contributed by atoms with Crippen LogP contribution in [-0.4, -0.2) is 10.8 Å². The summed E-state index contributed by atoms with van der Waals surface area (Å²) in [5, 5.41) is 21.4.